The zero-order valence-corrected chi connectivity index (χ0v) is 10.1. The van der Waals surface area contributed by atoms with Crippen LogP contribution in [0.25, 0.3) is 0 Å². The van der Waals surface area contributed by atoms with E-state index in [1.807, 2.05) is 6.92 Å². The summed E-state index contributed by atoms with van der Waals surface area (Å²) in [5.41, 5.74) is -0.553. The quantitative estimate of drug-likeness (QED) is 0.755. The lowest BCUT2D eigenvalue weighted by Crippen LogP contribution is -2.64. The largest absolute Gasteiger partial charge is 0.386 e. The Bertz CT molecular complexity index is 269. The Hall–Kier alpha value is -0.610. The average Bonchev–Trinajstić information content (AvgIpc) is 3.04. The molecule has 0 spiro atoms. The lowest BCUT2D eigenvalue weighted by atomic mass is 9.88. The molecule has 2 fully saturated rings. The highest BCUT2D eigenvalue weighted by Gasteiger charge is 2.52. The van der Waals surface area contributed by atoms with Crippen molar-refractivity contribution in [2.45, 2.75) is 44.3 Å². The van der Waals surface area contributed by atoms with E-state index < -0.39 is 5.60 Å². The van der Waals surface area contributed by atoms with Gasteiger partial charge in [0.25, 0.3) is 0 Å². The highest BCUT2D eigenvalue weighted by molar-refractivity contribution is 5.77. The number of rotatable bonds is 5. The van der Waals surface area contributed by atoms with E-state index in [1.54, 1.807) is 12.0 Å². The minimum absolute atomic E-state index is 0.132. The third kappa shape index (κ3) is 2.38. The summed E-state index contributed by atoms with van der Waals surface area (Å²) < 4.78 is 5.10. The van der Waals surface area contributed by atoms with Crippen LogP contribution in [0.1, 0.15) is 32.6 Å². The maximum Gasteiger partial charge on any atom is 0.222 e. The standard InChI is InChI=1S/C12H21NO3/c1-9(16-2)3-6-11(14)13-7-12(15,8-13)10-4-5-10/h9-10,15H,3-8H2,1-2H3. The number of aliphatic hydroxyl groups is 1. The van der Waals surface area contributed by atoms with Crippen LogP contribution in [0.15, 0.2) is 0 Å². The minimum atomic E-state index is -0.553. The van der Waals surface area contributed by atoms with Crippen molar-refractivity contribution in [3.8, 4) is 0 Å². The van der Waals surface area contributed by atoms with Gasteiger partial charge in [-0.05, 0) is 32.1 Å². The normalized spacial score (nSPS) is 25.1. The number of carbonyl (C=O) groups is 1. The molecule has 0 radical (unpaired) electrons. The van der Waals surface area contributed by atoms with Crippen molar-refractivity contribution < 1.29 is 14.6 Å². The van der Waals surface area contributed by atoms with Crippen molar-refractivity contribution in [2.75, 3.05) is 20.2 Å². The van der Waals surface area contributed by atoms with E-state index in [2.05, 4.69) is 0 Å². The van der Waals surface area contributed by atoms with Crippen molar-refractivity contribution in [3.63, 3.8) is 0 Å². The first-order valence-electron chi connectivity index (χ1n) is 6.08. The van der Waals surface area contributed by atoms with Gasteiger partial charge in [-0.3, -0.25) is 4.79 Å². The summed E-state index contributed by atoms with van der Waals surface area (Å²) in [5, 5.41) is 10.1. The molecule has 0 aromatic heterocycles. The van der Waals surface area contributed by atoms with E-state index in [4.69, 9.17) is 4.74 Å². The van der Waals surface area contributed by atoms with Crippen LogP contribution in [0.3, 0.4) is 0 Å². The first kappa shape index (κ1) is 11.9. The first-order chi connectivity index (χ1) is 7.55. The van der Waals surface area contributed by atoms with Crippen LogP contribution >= 0.6 is 0 Å². The van der Waals surface area contributed by atoms with E-state index in [9.17, 15) is 9.90 Å². The molecule has 0 bridgehead atoms. The van der Waals surface area contributed by atoms with Gasteiger partial charge in [0.2, 0.25) is 5.91 Å². The molecule has 0 aromatic carbocycles. The van der Waals surface area contributed by atoms with Crippen LogP contribution in [0.4, 0.5) is 0 Å². The molecule has 4 heteroatoms. The Balaban J connectivity index is 1.68. The van der Waals surface area contributed by atoms with Gasteiger partial charge >= 0.3 is 0 Å². The van der Waals surface area contributed by atoms with E-state index in [1.165, 1.54) is 0 Å². The van der Waals surface area contributed by atoms with Crippen LogP contribution in [0.5, 0.6) is 0 Å². The number of ether oxygens (including phenoxy) is 1. The molecule has 2 aliphatic rings. The predicted molar refractivity (Wildman–Crippen MR) is 60.0 cm³/mol. The van der Waals surface area contributed by atoms with Crippen LogP contribution in [0, 0.1) is 5.92 Å². The zero-order chi connectivity index (χ0) is 11.8. The number of amides is 1. The van der Waals surface area contributed by atoms with E-state index in [-0.39, 0.29) is 12.0 Å². The van der Waals surface area contributed by atoms with Crippen LogP contribution < -0.4 is 0 Å². The molecule has 1 N–H and O–H groups in total. The summed E-state index contributed by atoms with van der Waals surface area (Å²) in [5.74, 6) is 0.601. The molecule has 1 aliphatic carbocycles. The molecule has 1 saturated heterocycles. The van der Waals surface area contributed by atoms with Crippen molar-refractivity contribution in [1.29, 1.82) is 0 Å². The van der Waals surface area contributed by atoms with Crippen LogP contribution in [-0.4, -0.2) is 47.8 Å². The Morgan fingerprint density at radius 1 is 1.56 bits per heavy atom. The third-order valence-electron chi connectivity index (χ3n) is 3.79. The monoisotopic (exact) mass is 227 g/mol. The summed E-state index contributed by atoms with van der Waals surface area (Å²) in [4.78, 5) is 13.5. The van der Waals surface area contributed by atoms with Gasteiger partial charge in [-0.15, -0.1) is 0 Å². The third-order valence-corrected chi connectivity index (χ3v) is 3.79. The summed E-state index contributed by atoms with van der Waals surface area (Å²) >= 11 is 0. The maximum absolute atomic E-state index is 11.7. The number of likely N-dealkylation sites (tertiary alicyclic amines) is 1. The fraction of sp³-hybridized carbons (Fsp3) is 0.917. The van der Waals surface area contributed by atoms with Crippen molar-refractivity contribution in [3.05, 3.63) is 0 Å². The van der Waals surface area contributed by atoms with E-state index in [0.29, 0.717) is 25.4 Å². The van der Waals surface area contributed by atoms with E-state index in [0.717, 1.165) is 19.3 Å². The van der Waals surface area contributed by atoms with Gasteiger partial charge in [-0.25, -0.2) is 0 Å². The second-order valence-electron chi connectivity index (χ2n) is 5.21. The van der Waals surface area contributed by atoms with Crippen LogP contribution in [-0.2, 0) is 9.53 Å². The molecule has 4 nitrogen and oxygen atoms in total. The molecule has 0 aromatic rings. The van der Waals surface area contributed by atoms with Gasteiger partial charge in [-0.2, -0.15) is 0 Å². The van der Waals surface area contributed by atoms with Gasteiger partial charge < -0.3 is 14.7 Å². The first-order valence-corrected chi connectivity index (χ1v) is 6.08. The highest BCUT2D eigenvalue weighted by Crippen LogP contribution is 2.44. The second-order valence-corrected chi connectivity index (χ2v) is 5.21. The van der Waals surface area contributed by atoms with Gasteiger partial charge in [-0.1, -0.05) is 0 Å². The lowest BCUT2D eigenvalue weighted by Gasteiger charge is -2.47. The van der Waals surface area contributed by atoms with Crippen molar-refractivity contribution in [2.24, 2.45) is 5.92 Å². The summed E-state index contributed by atoms with van der Waals surface area (Å²) in [7, 11) is 1.66. The smallest absolute Gasteiger partial charge is 0.222 e. The molecular weight excluding hydrogens is 206 g/mol. The molecule has 2 rings (SSSR count). The SMILES string of the molecule is COC(C)CCC(=O)N1CC(O)(C2CC2)C1. The number of β-amino-alcohol motifs (C(OH)–C–C–N with tert-alkyl or cyclic N) is 1. The molecule has 1 aliphatic heterocycles. The van der Waals surface area contributed by atoms with Crippen LogP contribution in [0.2, 0.25) is 0 Å². The number of methoxy groups -OCH3 is 1. The Kier molecular flexibility index (Phi) is 3.22. The maximum atomic E-state index is 11.7. The molecule has 1 saturated carbocycles. The fourth-order valence-electron chi connectivity index (χ4n) is 2.27. The predicted octanol–water partition coefficient (Wildman–Crippen LogP) is 0.785. The summed E-state index contributed by atoms with van der Waals surface area (Å²) in [6, 6.07) is 0. The second kappa shape index (κ2) is 4.34. The van der Waals surface area contributed by atoms with E-state index >= 15 is 0 Å². The topological polar surface area (TPSA) is 49.8 Å². The number of hydrogen-bond acceptors (Lipinski definition) is 3. The highest BCUT2D eigenvalue weighted by atomic mass is 16.5. The molecule has 1 amide bonds. The number of hydrogen-bond donors (Lipinski definition) is 1. The average molecular weight is 227 g/mol. The fourth-order valence-corrected chi connectivity index (χ4v) is 2.27. The molecular formula is C12H21NO3. The van der Waals surface area contributed by atoms with Crippen molar-refractivity contribution >= 4 is 5.91 Å². The van der Waals surface area contributed by atoms with Crippen molar-refractivity contribution in [1.82, 2.24) is 4.90 Å². The Morgan fingerprint density at radius 3 is 2.69 bits per heavy atom. The molecule has 92 valence electrons. The number of nitrogens with zero attached hydrogens (tertiary/aromatic N) is 1. The summed E-state index contributed by atoms with van der Waals surface area (Å²) in [6.07, 6.45) is 3.66. The minimum Gasteiger partial charge on any atom is -0.386 e. The van der Waals surface area contributed by atoms with Gasteiger partial charge in [0.15, 0.2) is 0 Å². The molecule has 16 heavy (non-hydrogen) atoms. The molecule has 1 atom stereocenters. The Labute approximate surface area is 96.6 Å². The zero-order valence-electron chi connectivity index (χ0n) is 10.1. The van der Waals surface area contributed by atoms with Gasteiger partial charge in [0.05, 0.1) is 19.2 Å². The number of carbonyl (C=O) groups excluding carboxylic acids is 1. The molecule has 1 heterocycles. The lowest BCUT2D eigenvalue weighted by molar-refractivity contribution is -0.159. The molecule has 1 unspecified atom stereocenters. The Morgan fingerprint density at radius 2 is 2.19 bits per heavy atom. The van der Waals surface area contributed by atoms with Gasteiger partial charge in [0.1, 0.15) is 5.60 Å². The summed E-state index contributed by atoms with van der Waals surface area (Å²) in [6.45, 7) is 3.04. The van der Waals surface area contributed by atoms with Gasteiger partial charge in [0, 0.05) is 13.5 Å².